The Labute approximate surface area is 198 Å². The maximum atomic E-state index is 13.2. The Hall–Kier alpha value is -2.98. The first-order valence-electron chi connectivity index (χ1n) is 10.6. The van der Waals surface area contributed by atoms with Gasteiger partial charge in [0, 0.05) is 0 Å². The number of benzene rings is 2. The first-order valence-corrected chi connectivity index (χ1v) is 15.4. The van der Waals surface area contributed by atoms with Crippen molar-refractivity contribution in [1.29, 1.82) is 5.41 Å². The van der Waals surface area contributed by atoms with Crippen LogP contribution in [0.15, 0.2) is 48.5 Å². The van der Waals surface area contributed by atoms with Crippen LogP contribution in [0.5, 0.6) is 0 Å². The number of amides is 1. The van der Waals surface area contributed by atoms with Gasteiger partial charge in [-0.1, -0.05) is 0 Å². The monoisotopic (exact) mass is 559 g/mol. The second-order valence-corrected chi connectivity index (χ2v) is 14.4. The van der Waals surface area contributed by atoms with E-state index < -0.39 is 18.7 Å². The minimum absolute atomic E-state index is 0.258. The van der Waals surface area contributed by atoms with Gasteiger partial charge in [0.2, 0.25) is 0 Å². The molecule has 0 fully saturated rings. The Morgan fingerprint density at radius 2 is 1.85 bits per heavy atom. The molecule has 0 saturated heterocycles. The molecule has 3 rings (SSSR count). The maximum absolute atomic E-state index is 13.2. The van der Waals surface area contributed by atoms with Crippen LogP contribution in [0.1, 0.15) is 39.7 Å². The number of nitrogens with one attached hydrogen (secondary N) is 2. The topological polar surface area (TPSA) is 135 Å². The first-order chi connectivity index (χ1) is 15.7. The number of nitrogens with zero attached hydrogens (tertiary/aromatic N) is 1. The van der Waals surface area contributed by atoms with Crippen LogP contribution in [-0.2, 0) is 9.49 Å². The van der Waals surface area contributed by atoms with Crippen molar-refractivity contribution in [2.75, 3.05) is 16.7 Å². The van der Waals surface area contributed by atoms with Crippen LogP contribution >= 0.6 is 18.7 Å². The van der Waals surface area contributed by atoms with E-state index in [-0.39, 0.29) is 5.91 Å². The van der Waals surface area contributed by atoms with Gasteiger partial charge in [0.25, 0.3) is 0 Å². The summed E-state index contributed by atoms with van der Waals surface area (Å²) in [6.07, 6.45) is 1.59. The number of carbonyl (C=O) groups is 1. The molecule has 1 atom stereocenters. The van der Waals surface area contributed by atoms with E-state index >= 15 is 0 Å². The van der Waals surface area contributed by atoms with Gasteiger partial charge in [-0.25, -0.2) is 0 Å². The van der Waals surface area contributed by atoms with Crippen LogP contribution in [0.25, 0.3) is 11.3 Å². The molecule has 7 nitrogen and oxygen atoms in total. The molecule has 3 aromatic rings. The summed E-state index contributed by atoms with van der Waals surface area (Å²) >= 11 is -3.82. The number of anilines is 1. The average Bonchev–Trinajstić information content (AvgIpc) is 2.80. The van der Waals surface area contributed by atoms with Gasteiger partial charge in [0.15, 0.2) is 0 Å². The predicted molar refractivity (Wildman–Crippen MR) is 142 cm³/mol. The van der Waals surface area contributed by atoms with Gasteiger partial charge in [-0.3, -0.25) is 0 Å². The zero-order valence-corrected chi connectivity index (χ0v) is 21.3. The number of carbonyl (C=O) groups excluding carboxylic acids is 1. The number of aryl methyl sites for hydroxylation is 1. The van der Waals surface area contributed by atoms with Gasteiger partial charge in [-0.05, 0) is 0 Å². The summed E-state index contributed by atoms with van der Waals surface area (Å²) in [6.45, 7) is 6.14. The second-order valence-electron chi connectivity index (χ2n) is 7.87. The van der Waals surface area contributed by atoms with Crippen molar-refractivity contribution in [3.05, 3.63) is 80.0 Å². The molecule has 2 aromatic carbocycles. The van der Waals surface area contributed by atoms with Crippen molar-refractivity contribution in [2.24, 2.45) is 3.95 Å². The summed E-state index contributed by atoms with van der Waals surface area (Å²) < 4.78 is 20.6. The number of hydrogen-bond donors (Lipinski definition) is 4. The number of aromatic nitrogens is 1. The molecule has 6 N–H and O–H groups in total. The Balaban J connectivity index is 1.86. The van der Waals surface area contributed by atoms with E-state index in [0.717, 1.165) is 34.3 Å². The number of rotatable bonds is 8. The molecule has 1 aromatic heterocycles. The van der Waals surface area contributed by atoms with Crippen molar-refractivity contribution < 1.29 is 7.86 Å². The van der Waals surface area contributed by atoms with Crippen LogP contribution in [0.2, 0.25) is 0 Å². The molecule has 0 aliphatic rings. The van der Waals surface area contributed by atoms with Gasteiger partial charge in [0.1, 0.15) is 0 Å². The molecular formula is C25H30IN5O2. The van der Waals surface area contributed by atoms with Crippen LogP contribution in [0, 0.1) is 22.8 Å². The molecule has 174 valence electrons. The molecule has 1 heterocycles. The van der Waals surface area contributed by atoms with Crippen molar-refractivity contribution in [3.63, 3.8) is 0 Å². The molecule has 8 heteroatoms. The molecule has 0 spiro atoms. The molecule has 1 unspecified atom stereocenters. The Kier molecular flexibility index (Phi) is 7.70. The van der Waals surface area contributed by atoms with Crippen molar-refractivity contribution >= 4 is 36.5 Å². The summed E-state index contributed by atoms with van der Waals surface area (Å²) in [5, 5.41) is 10.3. The summed E-state index contributed by atoms with van der Waals surface area (Å²) in [4.78, 5) is 17.4. The number of nitrogens with two attached hydrogens (primary N) is 2. The Bertz CT molecular complexity index is 1240. The molecular weight excluding hydrogens is 529 g/mol. The fourth-order valence-electron chi connectivity index (χ4n) is 3.47. The zero-order valence-electron chi connectivity index (χ0n) is 19.1. The van der Waals surface area contributed by atoms with E-state index in [9.17, 15) is 7.86 Å². The standard InChI is InChI=1S/C25H30IN5O2/c1-4-26(29,33)22-14-21(31-24(17(22)3)18-7-5-16(2)6-8-18)11-12-30-25(32)19-9-10-23(28)20(13-19)15-27/h5-10,13-15,27H,4,11-12,28H2,1-3H3,(H2,29,33)(H,30,32). The number of alkyl halides is 1. The molecule has 0 aliphatic carbocycles. The number of halogens is 1. The van der Waals surface area contributed by atoms with Gasteiger partial charge in [-0.2, -0.15) is 0 Å². The normalized spacial score (nSPS) is 13.7. The van der Waals surface area contributed by atoms with E-state index in [1.807, 2.05) is 51.1 Å². The molecule has 0 bridgehead atoms. The van der Waals surface area contributed by atoms with Crippen LogP contribution in [0.3, 0.4) is 0 Å². The summed E-state index contributed by atoms with van der Waals surface area (Å²) in [5.41, 5.74) is 11.6. The Morgan fingerprint density at radius 1 is 1.15 bits per heavy atom. The zero-order chi connectivity index (χ0) is 24.2. The molecule has 0 aliphatic heterocycles. The second kappa shape index (κ2) is 10.3. The fraction of sp³-hybridized carbons (Fsp3) is 0.240. The predicted octanol–water partition coefficient (Wildman–Crippen LogP) is 4.37. The third kappa shape index (κ3) is 5.69. The van der Waals surface area contributed by atoms with E-state index in [1.54, 1.807) is 18.2 Å². The van der Waals surface area contributed by atoms with Gasteiger partial charge in [-0.15, -0.1) is 0 Å². The third-order valence-electron chi connectivity index (χ3n) is 5.50. The summed E-state index contributed by atoms with van der Waals surface area (Å²) in [6, 6.07) is 14.7. The van der Waals surface area contributed by atoms with E-state index in [4.69, 9.17) is 20.1 Å². The first kappa shape index (κ1) is 24.7. The Morgan fingerprint density at radius 3 is 2.48 bits per heavy atom. The molecule has 0 saturated carbocycles. The number of hydrogen-bond acceptors (Lipinski definition) is 5. The van der Waals surface area contributed by atoms with E-state index in [0.29, 0.717) is 37.8 Å². The van der Waals surface area contributed by atoms with Crippen molar-refractivity contribution in [2.45, 2.75) is 27.2 Å². The minimum atomic E-state index is -3.82. The van der Waals surface area contributed by atoms with Crippen LogP contribution in [0.4, 0.5) is 5.69 Å². The third-order valence-corrected chi connectivity index (χ3v) is 10.9. The SMILES string of the molecule is CCI(N)(=O)c1cc(CCNC(=O)c2ccc(N)c(C=N)c2)nc(-c2ccc(C)cc2)c1C. The number of nitrogen functional groups attached to an aromatic ring is 1. The molecule has 0 radical (unpaired) electrons. The van der Waals surface area contributed by atoms with Crippen LogP contribution < -0.4 is 15.0 Å². The quantitative estimate of drug-likeness (QED) is 0.107. The van der Waals surface area contributed by atoms with Crippen LogP contribution in [-0.4, -0.2) is 28.1 Å². The summed E-state index contributed by atoms with van der Waals surface area (Å²) in [5.74, 6) is -0.258. The van der Waals surface area contributed by atoms with Crippen molar-refractivity contribution in [3.8, 4) is 11.3 Å². The van der Waals surface area contributed by atoms with Gasteiger partial charge >= 0.3 is 199 Å². The summed E-state index contributed by atoms with van der Waals surface area (Å²) in [7, 11) is 0. The van der Waals surface area contributed by atoms with E-state index in [2.05, 4.69) is 5.32 Å². The fourth-order valence-corrected chi connectivity index (χ4v) is 6.80. The molecule has 33 heavy (non-hydrogen) atoms. The number of pyridine rings is 1. The van der Waals surface area contributed by atoms with Gasteiger partial charge in [0.05, 0.1) is 0 Å². The molecule has 1 amide bonds. The van der Waals surface area contributed by atoms with Gasteiger partial charge < -0.3 is 0 Å². The average molecular weight is 559 g/mol. The van der Waals surface area contributed by atoms with Crippen molar-refractivity contribution in [1.82, 2.24) is 10.3 Å². The van der Waals surface area contributed by atoms with E-state index in [1.165, 1.54) is 0 Å².